The Labute approximate surface area is 147 Å². The van der Waals surface area contributed by atoms with Crippen molar-refractivity contribution in [1.29, 1.82) is 0 Å². The van der Waals surface area contributed by atoms with Crippen LogP contribution in [0.1, 0.15) is 10.6 Å². The lowest BCUT2D eigenvalue weighted by atomic mass is 10.1. The highest BCUT2D eigenvalue weighted by molar-refractivity contribution is 5.95. The molecule has 26 heavy (non-hydrogen) atoms. The number of hydrogen-bond donors (Lipinski definition) is 1. The van der Waals surface area contributed by atoms with Crippen LogP contribution in [0, 0.1) is 10.1 Å². The highest BCUT2D eigenvalue weighted by Gasteiger charge is 2.14. The molecule has 1 N–H and O–H groups in total. The molecule has 0 saturated heterocycles. The molecule has 1 aromatic heterocycles. The third-order valence-corrected chi connectivity index (χ3v) is 3.58. The number of carbonyl (C=O) groups is 1. The minimum Gasteiger partial charge on any atom is -0.492 e. The molecule has 0 spiro atoms. The standard InChI is InChI=1S/C18H14N2O6/c21-17(19-8-9-25-14-4-2-1-3-5-14)16-10-12-6-7-13(20(23)24)11-15(12)18(22)26-16/h1-7,10-11H,8-9H2,(H,19,21). The quantitative estimate of drug-likeness (QED) is 0.413. The minimum atomic E-state index is -0.808. The van der Waals surface area contributed by atoms with Gasteiger partial charge in [-0.1, -0.05) is 18.2 Å². The zero-order valence-electron chi connectivity index (χ0n) is 13.5. The van der Waals surface area contributed by atoms with E-state index in [4.69, 9.17) is 9.15 Å². The number of amides is 1. The number of benzene rings is 2. The van der Waals surface area contributed by atoms with Gasteiger partial charge in [-0.15, -0.1) is 0 Å². The highest BCUT2D eigenvalue weighted by atomic mass is 16.6. The van der Waals surface area contributed by atoms with Gasteiger partial charge in [0.1, 0.15) is 12.4 Å². The smallest absolute Gasteiger partial charge is 0.344 e. The molecule has 0 atom stereocenters. The van der Waals surface area contributed by atoms with Crippen LogP contribution < -0.4 is 15.7 Å². The maximum Gasteiger partial charge on any atom is 0.344 e. The minimum absolute atomic E-state index is 0.0446. The number of fused-ring (bicyclic) bond motifs is 1. The van der Waals surface area contributed by atoms with Gasteiger partial charge in [-0.25, -0.2) is 4.79 Å². The summed E-state index contributed by atoms with van der Waals surface area (Å²) < 4.78 is 10.4. The van der Waals surface area contributed by atoms with E-state index >= 15 is 0 Å². The summed E-state index contributed by atoms with van der Waals surface area (Å²) in [5.74, 6) is -0.0596. The van der Waals surface area contributed by atoms with E-state index in [1.807, 2.05) is 18.2 Å². The molecule has 1 heterocycles. The average molecular weight is 354 g/mol. The number of ether oxygens (including phenoxy) is 1. The van der Waals surface area contributed by atoms with E-state index in [9.17, 15) is 19.7 Å². The van der Waals surface area contributed by atoms with Crippen LogP contribution in [-0.2, 0) is 0 Å². The molecule has 8 heteroatoms. The number of hydrogen-bond acceptors (Lipinski definition) is 6. The zero-order valence-corrected chi connectivity index (χ0v) is 13.5. The number of nitro groups is 1. The average Bonchev–Trinajstić information content (AvgIpc) is 2.65. The summed E-state index contributed by atoms with van der Waals surface area (Å²) in [4.78, 5) is 34.3. The summed E-state index contributed by atoms with van der Waals surface area (Å²) in [6.45, 7) is 0.468. The lowest BCUT2D eigenvalue weighted by molar-refractivity contribution is -0.384. The number of rotatable bonds is 6. The highest BCUT2D eigenvalue weighted by Crippen LogP contribution is 2.19. The Balaban J connectivity index is 1.67. The van der Waals surface area contributed by atoms with E-state index in [0.717, 1.165) is 6.07 Å². The Bertz CT molecular complexity index is 1010. The van der Waals surface area contributed by atoms with E-state index in [0.29, 0.717) is 11.1 Å². The number of nitro benzene ring substituents is 1. The van der Waals surface area contributed by atoms with Crippen molar-refractivity contribution in [2.75, 3.05) is 13.2 Å². The molecule has 8 nitrogen and oxygen atoms in total. The molecule has 132 valence electrons. The molecule has 0 aliphatic carbocycles. The summed E-state index contributed by atoms with van der Waals surface area (Å²) in [5, 5.41) is 13.8. The number of para-hydroxylation sites is 1. The van der Waals surface area contributed by atoms with Crippen molar-refractivity contribution < 1.29 is 18.9 Å². The Morgan fingerprint density at radius 3 is 2.65 bits per heavy atom. The molecular weight excluding hydrogens is 340 g/mol. The van der Waals surface area contributed by atoms with Crippen LogP contribution in [0.5, 0.6) is 5.75 Å². The predicted octanol–water partition coefficient (Wildman–Crippen LogP) is 2.51. The van der Waals surface area contributed by atoms with Gasteiger partial charge in [0.25, 0.3) is 11.6 Å². The molecular formula is C18H14N2O6. The van der Waals surface area contributed by atoms with Crippen LogP contribution in [0.15, 0.2) is 63.8 Å². The number of non-ortho nitro benzene ring substituents is 1. The molecule has 0 radical (unpaired) electrons. The Morgan fingerprint density at radius 2 is 1.92 bits per heavy atom. The Hall–Kier alpha value is -3.68. The second-order valence-corrected chi connectivity index (χ2v) is 5.34. The lowest BCUT2D eigenvalue weighted by Crippen LogP contribution is -2.28. The van der Waals surface area contributed by atoms with Crippen LogP contribution in [0.2, 0.25) is 0 Å². The van der Waals surface area contributed by atoms with Gasteiger partial charge in [0.15, 0.2) is 5.76 Å². The third kappa shape index (κ3) is 3.86. The van der Waals surface area contributed by atoms with Crippen LogP contribution in [-0.4, -0.2) is 24.0 Å². The monoisotopic (exact) mass is 354 g/mol. The molecule has 0 aliphatic heterocycles. The molecule has 1 amide bonds. The molecule has 0 unspecified atom stereocenters. The van der Waals surface area contributed by atoms with Crippen molar-refractivity contribution in [3.63, 3.8) is 0 Å². The number of nitrogens with one attached hydrogen (secondary N) is 1. The van der Waals surface area contributed by atoms with Crippen molar-refractivity contribution in [2.45, 2.75) is 0 Å². The molecule has 3 rings (SSSR count). The van der Waals surface area contributed by atoms with E-state index in [1.54, 1.807) is 12.1 Å². The van der Waals surface area contributed by atoms with E-state index < -0.39 is 16.5 Å². The summed E-state index contributed by atoms with van der Waals surface area (Å²) in [7, 11) is 0. The fraction of sp³-hybridized carbons (Fsp3) is 0.111. The van der Waals surface area contributed by atoms with E-state index in [2.05, 4.69) is 5.32 Å². The van der Waals surface area contributed by atoms with Gasteiger partial charge in [-0.05, 0) is 29.7 Å². The van der Waals surface area contributed by atoms with E-state index in [1.165, 1.54) is 18.2 Å². The third-order valence-electron chi connectivity index (χ3n) is 3.58. The molecule has 0 fully saturated rings. The first-order valence-corrected chi connectivity index (χ1v) is 7.73. The van der Waals surface area contributed by atoms with Gasteiger partial charge in [0.2, 0.25) is 0 Å². The summed E-state index contributed by atoms with van der Waals surface area (Å²) in [6.07, 6.45) is 0. The second-order valence-electron chi connectivity index (χ2n) is 5.34. The fourth-order valence-electron chi connectivity index (χ4n) is 2.34. The summed E-state index contributed by atoms with van der Waals surface area (Å²) in [6, 6.07) is 14.3. The van der Waals surface area contributed by atoms with Gasteiger partial charge in [0.05, 0.1) is 16.9 Å². The van der Waals surface area contributed by atoms with Crippen LogP contribution in [0.25, 0.3) is 10.8 Å². The van der Waals surface area contributed by atoms with Crippen LogP contribution >= 0.6 is 0 Å². The topological polar surface area (TPSA) is 112 Å². The first-order valence-electron chi connectivity index (χ1n) is 7.73. The lowest BCUT2D eigenvalue weighted by Gasteiger charge is -2.07. The normalized spacial score (nSPS) is 10.5. The summed E-state index contributed by atoms with van der Waals surface area (Å²) in [5.41, 5.74) is -1.03. The maximum atomic E-state index is 12.1. The number of carbonyl (C=O) groups excluding carboxylic acids is 1. The molecule has 3 aromatic rings. The Morgan fingerprint density at radius 1 is 1.15 bits per heavy atom. The SMILES string of the molecule is O=C(NCCOc1ccccc1)c1cc2ccc([N+](=O)[O-])cc2c(=O)o1. The largest absolute Gasteiger partial charge is 0.492 e. The second kappa shape index (κ2) is 7.47. The zero-order chi connectivity index (χ0) is 18.5. The first-order chi connectivity index (χ1) is 12.5. The number of nitrogens with zero attached hydrogens (tertiary/aromatic N) is 1. The van der Waals surface area contributed by atoms with Crippen molar-refractivity contribution in [1.82, 2.24) is 5.32 Å². The molecule has 2 aromatic carbocycles. The van der Waals surface area contributed by atoms with Crippen molar-refractivity contribution in [3.05, 3.63) is 80.9 Å². The van der Waals surface area contributed by atoms with Gasteiger partial charge in [-0.3, -0.25) is 14.9 Å². The van der Waals surface area contributed by atoms with Crippen LogP contribution in [0.3, 0.4) is 0 Å². The first kappa shape index (κ1) is 17.2. The maximum absolute atomic E-state index is 12.1. The van der Waals surface area contributed by atoms with Gasteiger partial charge < -0.3 is 14.5 Å². The van der Waals surface area contributed by atoms with Crippen molar-refractivity contribution >= 4 is 22.4 Å². The fourth-order valence-corrected chi connectivity index (χ4v) is 2.34. The van der Waals surface area contributed by atoms with Gasteiger partial charge >= 0.3 is 5.63 Å². The molecule has 0 bridgehead atoms. The van der Waals surface area contributed by atoms with Crippen molar-refractivity contribution in [3.8, 4) is 5.75 Å². The van der Waals surface area contributed by atoms with Crippen molar-refractivity contribution in [2.24, 2.45) is 0 Å². The van der Waals surface area contributed by atoms with Gasteiger partial charge in [0, 0.05) is 12.1 Å². The van der Waals surface area contributed by atoms with Crippen LogP contribution in [0.4, 0.5) is 5.69 Å². The summed E-state index contributed by atoms with van der Waals surface area (Å²) >= 11 is 0. The van der Waals surface area contributed by atoms with Gasteiger partial charge in [-0.2, -0.15) is 0 Å². The Kier molecular flexibility index (Phi) is 4.93. The molecule has 0 aliphatic rings. The predicted molar refractivity (Wildman–Crippen MR) is 93.4 cm³/mol. The molecule has 0 saturated carbocycles. The van der Waals surface area contributed by atoms with E-state index in [-0.39, 0.29) is 30.0 Å².